The van der Waals surface area contributed by atoms with E-state index in [1.54, 1.807) is 0 Å². The Morgan fingerprint density at radius 2 is 0.842 bits per heavy atom. The molecule has 38 heavy (non-hydrogen) atoms. The van der Waals surface area contributed by atoms with Gasteiger partial charge in [0.05, 0.1) is 11.1 Å². The van der Waals surface area contributed by atoms with Crippen molar-refractivity contribution < 1.29 is 14.3 Å². The summed E-state index contributed by atoms with van der Waals surface area (Å²) in [4.78, 5) is 25.2. The maximum absolute atomic E-state index is 12.6. The van der Waals surface area contributed by atoms with E-state index in [-0.39, 0.29) is 0 Å². The Labute approximate surface area is 217 Å². The van der Waals surface area contributed by atoms with Crippen LogP contribution in [0.2, 0.25) is 13.6 Å². The van der Waals surface area contributed by atoms with Gasteiger partial charge in [-0.2, -0.15) is 0 Å². The van der Waals surface area contributed by atoms with E-state index in [1.807, 2.05) is 24.3 Å². The van der Waals surface area contributed by atoms with Gasteiger partial charge in [0, 0.05) is 5.39 Å². The summed E-state index contributed by atoms with van der Waals surface area (Å²) in [5, 5.41) is 16.3. The number of rotatable bonds is 1. The average molecular weight is 486 g/mol. The van der Waals surface area contributed by atoms with Crippen LogP contribution in [-0.4, -0.2) is 18.7 Å². The molecule has 0 spiro atoms. The van der Waals surface area contributed by atoms with Crippen molar-refractivity contribution in [3.8, 4) is 0 Å². The first kappa shape index (κ1) is 20.4. The molecule has 8 aromatic carbocycles. The predicted octanol–water partition coefficient (Wildman–Crippen LogP) is 7.91. The first-order valence-corrected chi connectivity index (χ1v) is 13.1. The normalized spacial score (nSPS) is 13.8. The second-order valence-electron chi connectivity index (χ2n) is 10.9. The second kappa shape index (κ2) is 6.59. The smallest absolute Gasteiger partial charge is 0.346 e. The van der Waals surface area contributed by atoms with Gasteiger partial charge in [-0.15, -0.1) is 0 Å². The number of carbonyl (C=O) groups excluding carboxylic acids is 2. The Hall–Kier alpha value is -4.70. The fraction of sp³-hybridized carbons (Fsp3) is 0.0588. The molecule has 4 heteroatoms. The Morgan fingerprint density at radius 3 is 1.37 bits per heavy atom. The monoisotopic (exact) mass is 486 g/mol. The highest BCUT2D eigenvalue weighted by Crippen LogP contribution is 2.48. The molecule has 9 rings (SSSR count). The Balaban J connectivity index is 1.56. The quantitative estimate of drug-likeness (QED) is 0.0779. The number of ether oxygens (including phenoxy) is 1. The minimum Gasteiger partial charge on any atom is -0.386 e. The molecule has 0 aromatic heterocycles. The summed E-state index contributed by atoms with van der Waals surface area (Å²) in [7, 11) is 0. The van der Waals surface area contributed by atoms with Crippen molar-refractivity contribution in [2.45, 2.75) is 13.6 Å². The number of hydrogen-bond acceptors (Lipinski definition) is 3. The van der Waals surface area contributed by atoms with E-state index in [4.69, 9.17) is 4.74 Å². The zero-order chi connectivity index (χ0) is 25.4. The molecular weight excluding hydrogens is 467 g/mol. The molecule has 0 saturated carbocycles. The molecular formula is C34H19BO3. The molecule has 3 nitrogen and oxygen atoms in total. The Bertz CT molecular complexity index is 2260. The van der Waals surface area contributed by atoms with Gasteiger partial charge in [-0.1, -0.05) is 85.8 Å². The third-order valence-corrected chi connectivity index (χ3v) is 8.80. The predicted molar refractivity (Wildman–Crippen MR) is 158 cm³/mol. The molecule has 1 heterocycles. The molecule has 0 N–H and O–H groups in total. The van der Waals surface area contributed by atoms with Crippen molar-refractivity contribution >= 4 is 99.5 Å². The summed E-state index contributed by atoms with van der Waals surface area (Å²) in [5.41, 5.74) is 2.29. The maximum Gasteiger partial charge on any atom is 0.346 e. The van der Waals surface area contributed by atoms with E-state index >= 15 is 0 Å². The van der Waals surface area contributed by atoms with Gasteiger partial charge in [0.15, 0.2) is 6.71 Å². The third kappa shape index (κ3) is 2.20. The fourth-order valence-corrected chi connectivity index (χ4v) is 7.25. The first-order valence-electron chi connectivity index (χ1n) is 13.1. The summed E-state index contributed by atoms with van der Waals surface area (Å²) in [6.45, 7) is 4.96. The van der Waals surface area contributed by atoms with Crippen LogP contribution in [0.3, 0.4) is 0 Å². The number of cyclic esters (lactones) is 2. The van der Waals surface area contributed by atoms with E-state index in [9.17, 15) is 9.59 Å². The van der Waals surface area contributed by atoms with Gasteiger partial charge in [-0.05, 0) is 82.2 Å². The lowest BCUT2D eigenvalue weighted by atomic mass is 9.48. The lowest BCUT2D eigenvalue weighted by Crippen LogP contribution is -2.23. The number of esters is 2. The molecule has 0 aliphatic carbocycles. The molecule has 0 unspecified atom stereocenters. The molecule has 1 aliphatic heterocycles. The lowest BCUT2D eigenvalue weighted by molar-refractivity contribution is 0.0391. The zero-order valence-corrected chi connectivity index (χ0v) is 20.8. The number of carbonyl (C=O) groups is 2. The van der Waals surface area contributed by atoms with Crippen LogP contribution in [0.1, 0.15) is 20.7 Å². The van der Waals surface area contributed by atoms with Crippen LogP contribution in [0.4, 0.5) is 0 Å². The summed E-state index contributed by atoms with van der Waals surface area (Å²) in [6, 6.07) is 27.9. The second-order valence-corrected chi connectivity index (χ2v) is 10.9. The topological polar surface area (TPSA) is 43.4 Å². The van der Waals surface area contributed by atoms with E-state index in [0.717, 1.165) is 26.9 Å². The summed E-state index contributed by atoms with van der Waals surface area (Å²) >= 11 is 0. The van der Waals surface area contributed by atoms with Crippen molar-refractivity contribution in [3.05, 3.63) is 90.0 Å². The van der Waals surface area contributed by atoms with Crippen molar-refractivity contribution in [1.82, 2.24) is 0 Å². The van der Waals surface area contributed by atoms with E-state index < -0.39 is 11.9 Å². The molecule has 0 atom stereocenters. The summed E-state index contributed by atoms with van der Waals surface area (Å²) in [5.74, 6) is -1.15. The molecule has 0 radical (unpaired) electrons. The van der Waals surface area contributed by atoms with Crippen molar-refractivity contribution in [1.29, 1.82) is 0 Å². The lowest BCUT2D eigenvalue weighted by Gasteiger charge is -2.22. The highest BCUT2D eigenvalue weighted by atomic mass is 16.6. The van der Waals surface area contributed by atoms with E-state index in [0.29, 0.717) is 23.2 Å². The number of hydrogen-bond donors (Lipinski definition) is 0. The zero-order valence-electron chi connectivity index (χ0n) is 20.8. The number of benzene rings is 8. The minimum absolute atomic E-state index is 0.443. The van der Waals surface area contributed by atoms with Crippen LogP contribution in [0, 0.1) is 0 Å². The molecule has 8 aromatic rings. The highest BCUT2D eigenvalue weighted by Gasteiger charge is 2.30. The molecule has 0 bridgehead atoms. The SMILES string of the molecule is CB(C)c1ccc2c3ccc4c5ccc6c7c(ccc(c8ccc(c9cccc1c92)c3c84)c75)C(=O)OC6=O. The molecule has 0 saturated heterocycles. The molecule has 0 amide bonds. The van der Waals surface area contributed by atoms with Crippen LogP contribution >= 0.6 is 0 Å². The molecule has 0 fully saturated rings. The maximum atomic E-state index is 12.6. The van der Waals surface area contributed by atoms with Crippen LogP contribution < -0.4 is 5.46 Å². The van der Waals surface area contributed by atoms with Crippen molar-refractivity contribution in [2.24, 2.45) is 0 Å². The van der Waals surface area contributed by atoms with Gasteiger partial charge in [0.2, 0.25) is 0 Å². The average Bonchev–Trinajstić information content (AvgIpc) is 2.93. The van der Waals surface area contributed by atoms with Gasteiger partial charge in [0.25, 0.3) is 0 Å². The fourth-order valence-electron chi connectivity index (χ4n) is 7.25. The molecule has 1 aliphatic rings. The van der Waals surface area contributed by atoms with Gasteiger partial charge in [-0.3, -0.25) is 0 Å². The minimum atomic E-state index is -0.576. The highest BCUT2D eigenvalue weighted by molar-refractivity contribution is 6.73. The number of fused-ring (bicyclic) bond motifs is 4. The van der Waals surface area contributed by atoms with Crippen LogP contribution in [-0.2, 0) is 4.74 Å². The van der Waals surface area contributed by atoms with E-state index in [2.05, 4.69) is 68.2 Å². The van der Waals surface area contributed by atoms with Gasteiger partial charge < -0.3 is 4.74 Å². The van der Waals surface area contributed by atoms with Gasteiger partial charge in [-0.25, -0.2) is 9.59 Å². The Morgan fingerprint density at radius 1 is 0.447 bits per heavy atom. The van der Waals surface area contributed by atoms with Crippen LogP contribution in [0.25, 0.3) is 75.4 Å². The van der Waals surface area contributed by atoms with Crippen LogP contribution in [0.15, 0.2) is 78.9 Å². The van der Waals surface area contributed by atoms with E-state index in [1.165, 1.54) is 48.6 Å². The summed E-state index contributed by atoms with van der Waals surface area (Å²) in [6.07, 6.45) is 0. The standard InChI is InChI=1S/C34H19BO3/c1-35(2)27-15-14-17-19-7-9-21-23-11-13-26-32-25(33(36)38-34(26)37)12-10-22(31(23)32)20-8-6-18(29(19)30(20)21)16-4-3-5-24(27)28(16)17/h3-15H,1-2H3. The third-order valence-electron chi connectivity index (χ3n) is 8.80. The largest absolute Gasteiger partial charge is 0.386 e. The van der Waals surface area contributed by atoms with Crippen molar-refractivity contribution in [2.75, 3.05) is 0 Å². The first-order chi connectivity index (χ1) is 18.5. The Kier molecular flexibility index (Phi) is 3.53. The molecule has 176 valence electrons. The summed E-state index contributed by atoms with van der Waals surface area (Å²) < 4.78 is 5.02. The van der Waals surface area contributed by atoms with Gasteiger partial charge >= 0.3 is 11.9 Å². The van der Waals surface area contributed by atoms with Crippen molar-refractivity contribution in [3.63, 3.8) is 0 Å². The van der Waals surface area contributed by atoms with Crippen LogP contribution in [0.5, 0.6) is 0 Å². The van der Waals surface area contributed by atoms with Gasteiger partial charge in [0.1, 0.15) is 0 Å².